The number of hydrogen-bond donors (Lipinski definition) is 0. The van der Waals surface area contributed by atoms with Crippen molar-refractivity contribution in [2.75, 3.05) is 0 Å². The van der Waals surface area contributed by atoms with Gasteiger partial charge in [-0.05, 0) is 28.1 Å². The summed E-state index contributed by atoms with van der Waals surface area (Å²) in [5.74, 6) is -3.95. The predicted molar refractivity (Wildman–Crippen MR) is 51.1 cm³/mol. The number of imidazole rings is 1. The van der Waals surface area contributed by atoms with Gasteiger partial charge in [-0.25, -0.2) is 18.2 Å². The van der Waals surface area contributed by atoms with Crippen molar-refractivity contribution in [1.29, 1.82) is 0 Å². The topological polar surface area (TPSA) is 17.8 Å². The third kappa shape index (κ3) is 1.65. The van der Waals surface area contributed by atoms with Crippen LogP contribution in [0.1, 0.15) is 0 Å². The summed E-state index contributed by atoms with van der Waals surface area (Å²) in [7, 11) is 0. The van der Waals surface area contributed by atoms with Crippen molar-refractivity contribution in [3.05, 3.63) is 46.7 Å². The van der Waals surface area contributed by atoms with Crippen LogP contribution in [0.15, 0.2) is 29.3 Å². The van der Waals surface area contributed by atoms with Gasteiger partial charge in [-0.2, -0.15) is 0 Å². The minimum atomic E-state index is -1.49. The van der Waals surface area contributed by atoms with Gasteiger partial charge in [-0.1, -0.05) is 0 Å². The molecule has 0 N–H and O–H groups in total. The zero-order valence-electron chi connectivity index (χ0n) is 7.22. The molecule has 0 bridgehead atoms. The maximum absolute atomic E-state index is 13.3. The first-order valence-corrected chi connectivity index (χ1v) is 4.73. The summed E-state index contributed by atoms with van der Waals surface area (Å²) in [4.78, 5) is 3.78. The van der Waals surface area contributed by atoms with E-state index in [-0.39, 0.29) is 5.69 Å². The van der Waals surface area contributed by atoms with E-state index in [0.29, 0.717) is 4.73 Å². The lowest BCUT2D eigenvalue weighted by atomic mass is 10.3. The fourth-order valence-corrected chi connectivity index (χ4v) is 1.59. The van der Waals surface area contributed by atoms with Gasteiger partial charge in [-0.15, -0.1) is 0 Å². The third-order valence-electron chi connectivity index (χ3n) is 1.87. The number of rotatable bonds is 1. The molecule has 1 heterocycles. The lowest BCUT2D eigenvalue weighted by molar-refractivity contribution is 0.444. The minimum absolute atomic E-state index is 0.0988. The van der Waals surface area contributed by atoms with Crippen LogP contribution in [0, 0.1) is 17.5 Å². The van der Waals surface area contributed by atoms with Gasteiger partial charge in [0, 0.05) is 12.4 Å². The van der Waals surface area contributed by atoms with Gasteiger partial charge in [0.15, 0.2) is 22.2 Å². The highest BCUT2D eigenvalue weighted by Crippen LogP contribution is 2.21. The van der Waals surface area contributed by atoms with Crippen LogP contribution in [0.25, 0.3) is 5.69 Å². The predicted octanol–water partition coefficient (Wildman–Crippen LogP) is 3.05. The molecule has 2 nitrogen and oxygen atoms in total. The lowest BCUT2D eigenvalue weighted by Gasteiger charge is -2.06. The Balaban J connectivity index is 2.65. The third-order valence-corrected chi connectivity index (χ3v) is 2.46. The molecule has 2 rings (SSSR count). The lowest BCUT2D eigenvalue weighted by Crippen LogP contribution is -2.01. The fraction of sp³-hybridized carbons (Fsp3) is 0. The second kappa shape index (κ2) is 3.69. The molecule has 0 amide bonds. The summed E-state index contributed by atoms with van der Waals surface area (Å²) < 4.78 is 40.5. The molecule has 0 radical (unpaired) electrons. The Morgan fingerprint density at radius 3 is 2.47 bits per heavy atom. The van der Waals surface area contributed by atoms with Crippen molar-refractivity contribution >= 4 is 15.9 Å². The second-order valence-electron chi connectivity index (χ2n) is 2.76. The Labute approximate surface area is 91.5 Å². The maximum atomic E-state index is 13.3. The summed E-state index contributed by atoms with van der Waals surface area (Å²) in [6.45, 7) is 0. The second-order valence-corrected chi connectivity index (χ2v) is 3.47. The molecule has 1 aromatic heterocycles. The van der Waals surface area contributed by atoms with Gasteiger partial charge in [0.25, 0.3) is 0 Å². The molecule has 0 fully saturated rings. The molecule has 2 aromatic rings. The molecule has 0 atom stereocenters. The van der Waals surface area contributed by atoms with E-state index in [9.17, 15) is 13.2 Å². The van der Waals surface area contributed by atoms with E-state index in [2.05, 4.69) is 20.9 Å². The highest BCUT2D eigenvalue weighted by molar-refractivity contribution is 9.10. The largest absolute Gasteiger partial charge is 0.291 e. The first-order chi connectivity index (χ1) is 7.11. The van der Waals surface area contributed by atoms with Crippen molar-refractivity contribution < 1.29 is 13.2 Å². The fourth-order valence-electron chi connectivity index (χ4n) is 1.17. The molecule has 6 heteroatoms. The first-order valence-electron chi connectivity index (χ1n) is 3.94. The molecule has 0 aliphatic carbocycles. The van der Waals surface area contributed by atoms with Crippen LogP contribution in [0.2, 0.25) is 0 Å². The van der Waals surface area contributed by atoms with E-state index in [1.807, 2.05) is 0 Å². The zero-order valence-corrected chi connectivity index (χ0v) is 8.80. The molecule has 0 spiro atoms. The van der Waals surface area contributed by atoms with E-state index in [1.54, 1.807) is 0 Å². The number of benzene rings is 1. The van der Waals surface area contributed by atoms with Gasteiger partial charge < -0.3 is 0 Å². The average Bonchev–Trinajstić information content (AvgIpc) is 2.62. The number of nitrogens with zero attached hydrogens (tertiary/aromatic N) is 2. The summed E-state index contributed by atoms with van der Waals surface area (Å²) in [6, 6.07) is 2.00. The smallest absolute Gasteiger partial charge is 0.196 e. The van der Waals surface area contributed by atoms with E-state index >= 15 is 0 Å². The minimum Gasteiger partial charge on any atom is -0.291 e. The number of aromatic nitrogens is 2. The molecule has 0 unspecified atom stereocenters. The SMILES string of the molecule is Fc1ccc(-n2ccnc2Br)c(F)c1F. The quantitative estimate of drug-likeness (QED) is 0.732. The van der Waals surface area contributed by atoms with E-state index < -0.39 is 17.5 Å². The van der Waals surface area contributed by atoms with Crippen LogP contribution in [0.3, 0.4) is 0 Å². The van der Waals surface area contributed by atoms with Crippen molar-refractivity contribution in [2.45, 2.75) is 0 Å². The molecule has 0 aliphatic rings. The van der Waals surface area contributed by atoms with Gasteiger partial charge in [0.05, 0.1) is 5.69 Å². The normalized spacial score (nSPS) is 10.7. The van der Waals surface area contributed by atoms with E-state index in [0.717, 1.165) is 12.1 Å². The maximum Gasteiger partial charge on any atom is 0.196 e. The molecular formula is C9H4BrF3N2. The zero-order chi connectivity index (χ0) is 11.0. The van der Waals surface area contributed by atoms with Gasteiger partial charge >= 0.3 is 0 Å². The van der Waals surface area contributed by atoms with Crippen LogP contribution in [0.5, 0.6) is 0 Å². The van der Waals surface area contributed by atoms with Crippen LogP contribution in [-0.4, -0.2) is 9.55 Å². The number of halogens is 4. The van der Waals surface area contributed by atoms with Crippen molar-refractivity contribution in [3.63, 3.8) is 0 Å². The monoisotopic (exact) mass is 276 g/mol. The summed E-state index contributed by atoms with van der Waals surface area (Å²) in [5.41, 5.74) is -0.0988. The Kier molecular flexibility index (Phi) is 2.52. The van der Waals surface area contributed by atoms with Crippen molar-refractivity contribution in [3.8, 4) is 5.69 Å². The standard InChI is InChI=1S/C9H4BrF3N2/c10-9-14-3-4-15(9)6-2-1-5(11)7(12)8(6)13/h1-4H. The number of hydrogen-bond acceptors (Lipinski definition) is 1. The Bertz CT molecular complexity index is 510. The Morgan fingerprint density at radius 2 is 1.87 bits per heavy atom. The van der Waals surface area contributed by atoms with Crippen LogP contribution < -0.4 is 0 Å². The highest BCUT2D eigenvalue weighted by Gasteiger charge is 2.15. The van der Waals surface area contributed by atoms with Crippen LogP contribution in [-0.2, 0) is 0 Å². The molecule has 78 valence electrons. The van der Waals surface area contributed by atoms with Gasteiger partial charge in [0.2, 0.25) is 0 Å². The average molecular weight is 277 g/mol. The highest BCUT2D eigenvalue weighted by atomic mass is 79.9. The Morgan fingerprint density at radius 1 is 1.13 bits per heavy atom. The summed E-state index contributed by atoms with van der Waals surface area (Å²) >= 11 is 3.05. The van der Waals surface area contributed by atoms with Crippen LogP contribution in [0.4, 0.5) is 13.2 Å². The molecule has 1 aromatic carbocycles. The van der Waals surface area contributed by atoms with E-state index in [1.165, 1.54) is 17.0 Å². The van der Waals surface area contributed by atoms with Gasteiger partial charge in [0.1, 0.15) is 0 Å². The van der Waals surface area contributed by atoms with Gasteiger partial charge in [-0.3, -0.25) is 4.57 Å². The molecule has 0 saturated carbocycles. The molecular weight excluding hydrogens is 273 g/mol. The summed E-state index contributed by atoms with van der Waals surface area (Å²) in [5, 5.41) is 0. The molecule has 0 saturated heterocycles. The van der Waals surface area contributed by atoms with Crippen molar-refractivity contribution in [1.82, 2.24) is 9.55 Å². The van der Waals surface area contributed by atoms with Crippen LogP contribution >= 0.6 is 15.9 Å². The van der Waals surface area contributed by atoms with Crippen molar-refractivity contribution in [2.24, 2.45) is 0 Å². The molecule has 15 heavy (non-hydrogen) atoms. The van der Waals surface area contributed by atoms with E-state index in [4.69, 9.17) is 0 Å². The summed E-state index contributed by atoms with van der Waals surface area (Å²) in [6.07, 6.45) is 2.84. The molecule has 0 aliphatic heterocycles. The first kappa shape index (κ1) is 10.2. The Hall–Kier alpha value is -1.30.